The molecular weight excluding hydrogens is 576 g/mol. The summed E-state index contributed by atoms with van der Waals surface area (Å²) in [5, 5.41) is 0.858. The van der Waals surface area contributed by atoms with Gasteiger partial charge < -0.3 is 16.2 Å². The number of sulfonamides is 1. The number of halogens is 3. The van der Waals surface area contributed by atoms with Crippen molar-refractivity contribution in [3.05, 3.63) is 95.1 Å². The summed E-state index contributed by atoms with van der Waals surface area (Å²) in [4.78, 5) is 19.5. The largest absolute Gasteiger partial charge is 0.480 e. The fraction of sp³-hybridized carbons (Fsp3) is 0.0357. The third-order valence-electron chi connectivity index (χ3n) is 6.20. The Labute approximate surface area is 237 Å². The third-order valence-corrected chi connectivity index (χ3v) is 7.91. The van der Waals surface area contributed by atoms with Crippen LogP contribution in [-0.4, -0.2) is 31.4 Å². The molecule has 5 aromatic rings. The number of nitrogens with zero attached hydrogens (tertiary/aromatic N) is 2. The van der Waals surface area contributed by atoms with E-state index >= 15 is 0 Å². The Hall–Kier alpha value is -4.81. The number of carbonyl (C=O) groups excluding carboxylic acids is 1. The van der Waals surface area contributed by atoms with Gasteiger partial charge in [0.1, 0.15) is 28.0 Å². The Morgan fingerprint density at radius 1 is 0.976 bits per heavy atom. The first kappa shape index (κ1) is 27.7. The van der Waals surface area contributed by atoms with Crippen molar-refractivity contribution in [1.29, 1.82) is 0 Å². The number of hydrogen-bond donors (Lipinski definition) is 3. The standard InChI is InChI=1S/C28H20ClF2N5O4S/c1-40-28-24(36-41(38,39)25-7-4-18(30)12-22(25)31)11-17(13-34-28)14-3-6-23-16(8-14)9-20(26(32)35-23)15-2-5-19(27(33)37)21(29)10-15/h2-13,36H,1H3,(H2,32,35)(H2,33,37). The van der Waals surface area contributed by atoms with E-state index in [-0.39, 0.29) is 28.0 Å². The summed E-state index contributed by atoms with van der Waals surface area (Å²) < 4.78 is 60.8. The van der Waals surface area contributed by atoms with E-state index in [1.807, 2.05) is 0 Å². The molecule has 2 heterocycles. The van der Waals surface area contributed by atoms with Gasteiger partial charge in [0, 0.05) is 28.8 Å². The lowest BCUT2D eigenvalue weighted by Gasteiger charge is -2.14. The summed E-state index contributed by atoms with van der Waals surface area (Å²) in [6.45, 7) is 0. The molecule has 0 radical (unpaired) electrons. The molecule has 0 saturated carbocycles. The maximum absolute atomic E-state index is 14.2. The summed E-state index contributed by atoms with van der Waals surface area (Å²) in [5.41, 5.74) is 14.6. The Morgan fingerprint density at radius 3 is 2.41 bits per heavy atom. The van der Waals surface area contributed by atoms with E-state index < -0.39 is 32.5 Å². The van der Waals surface area contributed by atoms with Gasteiger partial charge in [0.15, 0.2) is 0 Å². The van der Waals surface area contributed by atoms with E-state index in [1.54, 1.807) is 36.4 Å². The topological polar surface area (TPSA) is 150 Å². The van der Waals surface area contributed by atoms with E-state index in [0.29, 0.717) is 39.2 Å². The monoisotopic (exact) mass is 595 g/mol. The number of primary amides is 1. The highest BCUT2D eigenvalue weighted by Crippen LogP contribution is 2.35. The Morgan fingerprint density at radius 2 is 1.73 bits per heavy atom. The SMILES string of the molecule is COc1ncc(-c2ccc3nc(N)c(-c4ccc(C(N)=O)c(Cl)c4)cc3c2)cc1NS(=O)(=O)c1ccc(F)cc1F. The van der Waals surface area contributed by atoms with Crippen LogP contribution in [0.5, 0.6) is 5.88 Å². The van der Waals surface area contributed by atoms with Gasteiger partial charge in [-0.2, -0.15) is 0 Å². The molecule has 208 valence electrons. The van der Waals surface area contributed by atoms with Crippen LogP contribution in [0.4, 0.5) is 20.3 Å². The number of methoxy groups -OCH3 is 1. The van der Waals surface area contributed by atoms with Crippen LogP contribution in [0.3, 0.4) is 0 Å². The van der Waals surface area contributed by atoms with Crippen LogP contribution in [0.25, 0.3) is 33.2 Å². The number of carbonyl (C=O) groups is 1. The molecule has 0 atom stereocenters. The number of fused-ring (bicyclic) bond motifs is 1. The van der Waals surface area contributed by atoms with Gasteiger partial charge >= 0.3 is 0 Å². The zero-order valence-electron chi connectivity index (χ0n) is 21.2. The molecule has 0 aliphatic rings. The smallest absolute Gasteiger partial charge is 0.264 e. The minimum atomic E-state index is -4.46. The lowest BCUT2D eigenvalue weighted by molar-refractivity contribution is 0.100. The second kappa shape index (κ2) is 10.6. The van der Waals surface area contributed by atoms with E-state index in [1.165, 1.54) is 25.4 Å². The molecule has 0 saturated heterocycles. The minimum absolute atomic E-state index is 0.0610. The van der Waals surface area contributed by atoms with Gasteiger partial charge in [-0.25, -0.2) is 27.2 Å². The van der Waals surface area contributed by atoms with E-state index in [9.17, 15) is 22.0 Å². The number of nitrogen functional groups attached to an aromatic ring is 1. The molecule has 3 aromatic carbocycles. The van der Waals surface area contributed by atoms with Gasteiger partial charge in [-0.3, -0.25) is 9.52 Å². The molecule has 13 heteroatoms. The first-order chi connectivity index (χ1) is 19.5. The van der Waals surface area contributed by atoms with E-state index in [4.69, 9.17) is 27.8 Å². The van der Waals surface area contributed by atoms with Gasteiger partial charge in [-0.05, 0) is 59.7 Å². The molecule has 5 N–H and O–H groups in total. The number of ether oxygens (including phenoxy) is 1. The first-order valence-corrected chi connectivity index (χ1v) is 13.6. The molecule has 0 fully saturated rings. The number of rotatable bonds is 7. The van der Waals surface area contributed by atoms with E-state index in [2.05, 4.69) is 14.7 Å². The Bertz CT molecular complexity index is 1970. The molecule has 0 aliphatic carbocycles. The predicted molar refractivity (Wildman–Crippen MR) is 152 cm³/mol. The van der Waals surface area contributed by atoms with Crippen LogP contribution >= 0.6 is 11.6 Å². The van der Waals surface area contributed by atoms with Crippen LogP contribution in [-0.2, 0) is 10.0 Å². The molecule has 5 rings (SSSR count). The summed E-state index contributed by atoms with van der Waals surface area (Å²) >= 11 is 6.22. The van der Waals surface area contributed by atoms with Gasteiger partial charge in [0.25, 0.3) is 10.0 Å². The van der Waals surface area contributed by atoms with Crippen molar-refractivity contribution in [2.75, 3.05) is 17.6 Å². The quantitative estimate of drug-likeness (QED) is 0.228. The van der Waals surface area contributed by atoms with Crippen molar-refractivity contribution in [1.82, 2.24) is 9.97 Å². The zero-order valence-corrected chi connectivity index (χ0v) is 22.7. The lowest BCUT2D eigenvalue weighted by Crippen LogP contribution is -2.15. The van der Waals surface area contributed by atoms with Crippen molar-refractivity contribution in [2.24, 2.45) is 5.73 Å². The fourth-order valence-corrected chi connectivity index (χ4v) is 5.61. The van der Waals surface area contributed by atoms with Gasteiger partial charge in [-0.1, -0.05) is 23.7 Å². The number of aromatic nitrogens is 2. The van der Waals surface area contributed by atoms with Crippen LogP contribution in [0.2, 0.25) is 5.02 Å². The number of nitrogens with two attached hydrogens (primary N) is 2. The van der Waals surface area contributed by atoms with Crippen molar-refractivity contribution in [2.45, 2.75) is 4.90 Å². The summed E-state index contributed by atoms with van der Waals surface area (Å²) in [7, 11) is -3.16. The summed E-state index contributed by atoms with van der Waals surface area (Å²) in [6.07, 6.45) is 1.48. The highest BCUT2D eigenvalue weighted by molar-refractivity contribution is 7.92. The van der Waals surface area contributed by atoms with Crippen LogP contribution in [0, 0.1) is 11.6 Å². The number of anilines is 2. The molecule has 0 aliphatic heterocycles. The van der Waals surface area contributed by atoms with Crippen LogP contribution in [0.1, 0.15) is 10.4 Å². The molecule has 1 amide bonds. The Balaban J connectivity index is 1.55. The molecular formula is C28H20ClF2N5O4S. The maximum atomic E-state index is 14.2. The number of hydrogen-bond acceptors (Lipinski definition) is 7. The molecule has 0 bridgehead atoms. The molecule has 41 heavy (non-hydrogen) atoms. The predicted octanol–water partition coefficient (Wildman–Crippen LogP) is 5.39. The Kier molecular flexibility index (Phi) is 7.20. The van der Waals surface area contributed by atoms with Crippen molar-refractivity contribution < 1.29 is 26.7 Å². The summed E-state index contributed by atoms with van der Waals surface area (Å²) in [6, 6.07) is 15.4. The van der Waals surface area contributed by atoms with Crippen molar-refractivity contribution in [3.8, 4) is 28.1 Å². The van der Waals surface area contributed by atoms with Crippen LogP contribution in [0.15, 0.2) is 77.8 Å². The minimum Gasteiger partial charge on any atom is -0.480 e. The maximum Gasteiger partial charge on any atom is 0.264 e. The van der Waals surface area contributed by atoms with Gasteiger partial charge in [0.05, 0.1) is 23.2 Å². The normalized spacial score (nSPS) is 11.4. The zero-order chi connectivity index (χ0) is 29.5. The second-order valence-electron chi connectivity index (χ2n) is 8.85. The van der Waals surface area contributed by atoms with Gasteiger partial charge in [-0.15, -0.1) is 0 Å². The first-order valence-electron chi connectivity index (χ1n) is 11.8. The molecule has 2 aromatic heterocycles. The average Bonchev–Trinajstić information content (AvgIpc) is 2.91. The third kappa shape index (κ3) is 5.47. The molecule has 0 spiro atoms. The molecule has 9 nitrogen and oxygen atoms in total. The van der Waals surface area contributed by atoms with Crippen molar-refractivity contribution in [3.63, 3.8) is 0 Å². The lowest BCUT2D eigenvalue weighted by atomic mass is 10.00. The second-order valence-corrected chi connectivity index (χ2v) is 10.9. The molecule has 0 unspecified atom stereocenters. The number of benzene rings is 3. The van der Waals surface area contributed by atoms with E-state index in [0.717, 1.165) is 12.1 Å². The number of pyridine rings is 2. The van der Waals surface area contributed by atoms with Gasteiger partial charge in [0.2, 0.25) is 11.8 Å². The van der Waals surface area contributed by atoms with Crippen molar-refractivity contribution >= 4 is 49.9 Å². The number of amides is 1. The van der Waals surface area contributed by atoms with Crippen LogP contribution < -0.4 is 20.9 Å². The number of nitrogens with one attached hydrogen (secondary N) is 1. The fourth-order valence-electron chi connectivity index (χ4n) is 4.22. The summed E-state index contributed by atoms with van der Waals surface area (Å²) in [5.74, 6) is -2.64. The average molecular weight is 596 g/mol. The highest BCUT2D eigenvalue weighted by atomic mass is 35.5. The highest BCUT2D eigenvalue weighted by Gasteiger charge is 2.22.